The zero-order valence-electron chi connectivity index (χ0n) is 12.2. The third-order valence-electron chi connectivity index (χ3n) is 3.32. The minimum Gasteiger partial charge on any atom is -0.493 e. The van der Waals surface area contributed by atoms with Crippen LogP contribution in [0.3, 0.4) is 0 Å². The van der Waals surface area contributed by atoms with Crippen LogP contribution in [0.2, 0.25) is 5.02 Å². The van der Waals surface area contributed by atoms with Gasteiger partial charge in [0.05, 0.1) is 14.2 Å². The molecule has 0 aliphatic carbocycles. The van der Waals surface area contributed by atoms with Gasteiger partial charge in [0.25, 0.3) is 0 Å². The SMILES string of the molecule is COc1ccc(-c2cc(-c3ccc(Cl)cc3)no2)cc1OC. The third-order valence-corrected chi connectivity index (χ3v) is 3.57. The van der Waals surface area contributed by atoms with Crippen LogP contribution in [-0.2, 0) is 0 Å². The summed E-state index contributed by atoms with van der Waals surface area (Å²) in [5.41, 5.74) is 2.56. The second kappa shape index (κ2) is 6.12. The van der Waals surface area contributed by atoms with E-state index in [0.29, 0.717) is 22.3 Å². The molecule has 0 N–H and O–H groups in total. The van der Waals surface area contributed by atoms with Gasteiger partial charge < -0.3 is 14.0 Å². The molecule has 3 aromatic rings. The summed E-state index contributed by atoms with van der Waals surface area (Å²) in [5.74, 6) is 1.97. The standard InChI is InChI=1S/C17H14ClNO3/c1-20-15-8-5-12(9-17(15)21-2)16-10-14(19-22-16)11-3-6-13(18)7-4-11/h3-10H,1-2H3. The molecular weight excluding hydrogens is 302 g/mol. The summed E-state index contributed by atoms with van der Waals surface area (Å²) in [7, 11) is 3.20. The number of nitrogens with zero attached hydrogens (tertiary/aromatic N) is 1. The topological polar surface area (TPSA) is 44.5 Å². The first-order chi connectivity index (χ1) is 10.7. The van der Waals surface area contributed by atoms with E-state index < -0.39 is 0 Å². The monoisotopic (exact) mass is 315 g/mol. The van der Waals surface area contributed by atoms with E-state index >= 15 is 0 Å². The predicted octanol–water partition coefficient (Wildman–Crippen LogP) is 4.68. The number of benzene rings is 2. The molecule has 0 fully saturated rings. The van der Waals surface area contributed by atoms with Gasteiger partial charge in [-0.15, -0.1) is 0 Å². The fourth-order valence-electron chi connectivity index (χ4n) is 2.16. The molecule has 1 heterocycles. The molecule has 0 radical (unpaired) electrons. The van der Waals surface area contributed by atoms with Crippen LogP contribution >= 0.6 is 11.6 Å². The number of ether oxygens (including phenoxy) is 2. The van der Waals surface area contributed by atoms with Gasteiger partial charge in [0.2, 0.25) is 0 Å². The molecule has 0 saturated heterocycles. The van der Waals surface area contributed by atoms with E-state index in [1.807, 2.05) is 48.5 Å². The normalized spacial score (nSPS) is 10.5. The average Bonchev–Trinajstić information content (AvgIpc) is 3.05. The van der Waals surface area contributed by atoms with Gasteiger partial charge in [-0.1, -0.05) is 28.9 Å². The summed E-state index contributed by atoms with van der Waals surface area (Å²) in [6.07, 6.45) is 0. The Morgan fingerprint density at radius 3 is 2.23 bits per heavy atom. The van der Waals surface area contributed by atoms with Gasteiger partial charge in [0, 0.05) is 22.2 Å². The molecule has 22 heavy (non-hydrogen) atoms. The summed E-state index contributed by atoms with van der Waals surface area (Å²) >= 11 is 5.89. The minimum atomic E-state index is 0.643. The lowest BCUT2D eigenvalue weighted by Crippen LogP contribution is -1.90. The molecule has 1 aromatic heterocycles. The van der Waals surface area contributed by atoms with Crippen molar-refractivity contribution in [1.29, 1.82) is 0 Å². The van der Waals surface area contributed by atoms with Gasteiger partial charge in [-0.2, -0.15) is 0 Å². The van der Waals surface area contributed by atoms with Crippen LogP contribution < -0.4 is 9.47 Å². The minimum absolute atomic E-state index is 0.643. The highest BCUT2D eigenvalue weighted by atomic mass is 35.5. The highest BCUT2D eigenvalue weighted by Gasteiger charge is 2.11. The number of hydrogen-bond acceptors (Lipinski definition) is 4. The molecule has 0 atom stereocenters. The fraction of sp³-hybridized carbons (Fsp3) is 0.118. The lowest BCUT2D eigenvalue weighted by atomic mass is 10.1. The van der Waals surface area contributed by atoms with E-state index in [4.69, 9.17) is 25.6 Å². The molecule has 4 nitrogen and oxygen atoms in total. The Morgan fingerprint density at radius 1 is 0.864 bits per heavy atom. The van der Waals surface area contributed by atoms with Crippen molar-refractivity contribution in [2.24, 2.45) is 0 Å². The molecule has 0 amide bonds. The smallest absolute Gasteiger partial charge is 0.167 e. The number of methoxy groups -OCH3 is 2. The second-order valence-corrected chi connectivity index (χ2v) is 5.09. The average molecular weight is 316 g/mol. The molecular formula is C17H14ClNO3. The van der Waals surface area contributed by atoms with Crippen LogP contribution in [-0.4, -0.2) is 19.4 Å². The van der Waals surface area contributed by atoms with Crippen molar-refractivity contribution < 1.29 is 14.0 Å². The van der Waals surface area contributed by atoms with Gasteiger partial charge in [-0.25, -0.2) is 0 Å². The van der Waals surface area contributed by atoms with E-state index in [9.17, 15) is 0 Å². The molecule has 112 valence electrons. The summed E-state index contributed by atoms with van der Waals surface area (Å²) in [5, 5.41) is 4.79. The van der Waals surface area contributed by atoms with E-state index in [1.165, 1.54) is 0 Å². The second-order valence-electron chi connectivity index (χ2n) is 4.65. The first-order valence-electron chi connectivity index (χ1n) is 6.66. The van der Waals surface area contributed by atoms with Gasteiger partial charge in [-0.05, 0) is 30.3 Å². The molecule has 0 bridgehead atoms. The Morgan fingerprint density at radius 2 is 1.55 bits per heavy atom. The summed E-state index contributed by atoms with van der Waals surface area (Å²) < 4.78 is 16.0. The Balaban J connectivity index is 1.95. The molecule has 5 heteroatoms. The van der Waals surface area contributed by atoms with Crippen molar-refractivity contribution in [3.63, 3.8) is 0 Å². The van der Waals surface area contributed by atoms with Crippen LogP contribution in [0, 0.1) is 0 Å². The maximum Gasteiger partial charge on any atom is 0.167 e. The van der Waals surface area contributed by atoms with Crippen LogP contribution in [0.1, 0.15) is 0 Å². The van der Waals surface area contributed by atoms with Crippen LogP contribution in [0.25, 0.3) is 22.6 Å². The van der Waals surface area contributed by atoms with Crippen molar-refractivity contribution in [3.05, 3.63) is 53.6 Å². The molecule has 0 saturated carbocycles. The Hall–Kier alpha value is -2.46. The van der Waals surface area contributed by atoms with E-state index in [0.717, 1.165) is 16.8 Å². The van der Waals surface area contributed by atoms with Crippen molar-refractivity contribution in [2.45, 2.75) is 0 Å². The Bertz CT molecular complexity index is 781. The lowest BCUT2D eigenvalue weighted by molar-refractivity contribution is 0.355. The number of halogens is 1. The predicted molar refractivity (Wildman–Crippen MR) is 85.5 cm³/mol. The van der Waals surface area contributed by atoms with Crippen molar-refractivity contribution in [3.8, 4) is 34.1 Å². The van der Waals surface area contributed by atoms with Gasteiger partial charge >= 0.3 is 0 Å². The van der Waals surface area contributed by atoms with Crippen LogP contribution in [0.5, 0.6) is 11.5 Å². The summed E-state index contributed by atoms with van der Waals surface area (Å²) in [6, 6.07) is 14.9. The van der Waals surface area contributed by atoms with Crippen molar-refractivity contribution >= 4 is 11.6 Å². The number of aromatic nitrogens is 1. The highest BCUT2D eigenvalue weighted by molar-refractivity contribution is 6.30. The Labute approximate surface area is 133 Å². The largest absolute Gasteiger partial charge is 0.493 e. The fourth-order valence-corrected chi connectivity index (χ4v) is 2.28. The van der Waals surface area contributed by atoms with E-state index in [1.54, 1.807) is 14.2 Å². The van der Waals surface area contributed by atoms with E-state index in [-0.39, 0.29) is 0 Å². The number of hydrogen-bond donors (Lipinski definition) is 0. The van der Waals surface area contributed by atoms with E-state index in [2.05, 4.69) is 5.16 Å². The number of rotatable bonds is 4. The molecule has 0 unspecified atom stereocenters. The molecule has 2 aromatic carbocycles. The summed E-state index contributed by atoms with van der Waals surface area (Å²) in [4.78, 5) is 0. The van der Waals surface area contributed by atoms with Gasteiger partial charge in [0.1, 0.15) is 5.69 Å². The maximum atomic E-state index is 5.89. The zero-order valence-corrected chi connectivity index (χ0v) is 12.9. The van der Waals surface area contributed by atoms with Crippen molar-refractivity contribution in [1.82, 2.24) is 5.16 Å². The van der Waals surface area contributed by atoms with Crippen LogP contribution in [0.15, 0.2) is 53.1 Å². The highest BCUT2D eigenvalue weighted by Crippen LogP contribution is 2.33. The lowest BCUT2D eigenvalue weighted by Gasteiger charge is -2.07. The Kier molecular flexibility index (Phi) is 4.02. The quantitative estimate of drug-likeness (QED) is 0.701. The zero-order chi connectivity index (χ0) is 15.5. The van der Waals surface area contributed by atoms with Crippen LogP contribution in [0.4, 0.5) is 0 Å². The molecule has 0 spiro atoms. The molecule has 0 aliphatic heterocycles. The first kappa shape index (κ1) is 14.5. The van der Waals surface area contributed by atoms with Crippen molar-refractivity contribution in [2.75, 3.05) is 14.2 Å². The summed E-state index contributed by atoms with van der Waals surface area (Å²) in [6.45, 7) is 0. The van der Waals surface area contributed by atoms with Gasteiger partial charge in [0.15, 0.2) is 17.3 Å². The van der Waals surface area contributed by atoms with Gasteiger partial charge in [-0.3, -0.25) is 0 Å². The molecule has 3 rings (SSSR count). The maximum absolute atomic E-state index is 5.89. The first-order valence-corrected chi connectivity index (χ1v) is 7.04. The third kappa shape index (κ3) is 2.78. The molecule has 0 aliphatic rings.